The van der Waals surface area contributed by atoms with Crippen molar-refractivity contribution in [1.82, 2.24) is 10.2 Å². The number of hydrogen-bond donors (Lipinski definition) is 1. The average Bonchev–Trinajstić information content (AvgIpc) is 2.96. The van der Waals surface area contributed by atoms with Crippen LogP contribution in [0.15, 0.2) is 24.3 Å². The molecule has 0 spiro atoms. The predicted octanol–water partition coefficient (Wildman–Crippen LogP) is 2.17. The molecule has 0 aliphatic carbocycles. The van der Waals surface area contributed by atoms with Gasteiger partial charge in [-0.1, -0.05) is 25.5 Å². The van der Waals surface area contributed by atoms with Crippen molar-refractivity contribution in [2.75, 3.05) is 24.5 Å². The number of para-hydroxylation sites is 1. The highest BCUT2D eigenvalue weighted by Crippen LogP contribution is 2.27. The van der Waals surface area contributed by atoms with E-state index in [4.69, 9.17) is 0 Å². The van der Waals surface area contributed by atoms with Crippen LogP contribution in [0.2, 0.25) is 0 Å². The Labute approximate surface area is 148 Å². The molecule has 2 amide bonds. The molecule has 2 heterocycles. The fraction of sp³-hybridized carbons (Fsp3) is 0.579. The summed E-state index contributed by atoms with van der Waals surface area (Å²) >= 11 is 0. The van der Waals surface area contributed by atoms with Crippen molar-refractivity contribution in [3.63, 3.8) is 0 Å². The van der Waals surface area contributed by atoms with E-state index < -0.39 is 0 Å². The van der Waals surface area contributed by atoms with Crippen LogP contribution in [-0.4, -0.2) is 48.4 Å². The number of likely N-dealkylation sites (tertiary alicyclic amines) is 1. The lowest BCUT2D eigenvalue weighted by molar-refractivity contribution is -0.131. The number of carbonyl (C=O) groups excluding carboxylic acids is 2. The number of nitrogens with zero attached hydrogens (tertiary/aromatic N) is 2. The molecule has 0 bridgehead atoms. The quantitative estimate of drug-likeness (QED) is 0.908. The molecular weight excluding hydrogens is 321 g/mol. The Balaban J connectivity index is 1.65. The average molecular weight is 347 g/mol. The molecule has 2 fully saturated rings. The summed E-state index contributed by atoms with van der Waals surface area (Å²) in [6.07, 6.45) is 2.48. The molecule has 2 saturated heterocycles. The first-order chi connectivity index (χ1) is 12.0. The Kier molecular flexibility index (Phi) is 5.37. The third-order valence-corrected chi connectivity index (χ3v) is 5.47. The molecule has 3 atom stereocenters. The summed E-state index contributed by atoms with van der Waals surface area (Å²) in [6.45, 7) is 5.71. The molecule has 3 rings (SSSR count). The van der Waals surface area contributed by atoms with Gasteiger partial charge in [-0.15, -0.1) is 0 Å². The minimum atomic E-state index is -0.363. The first-order valence-corrected chi connectivity index (χ1v) is 9.08. The van der Waals surface area contributed by atoms with Crippen molar-refractivity contribution < 1.29 is 14.0 Å². The Morgan fingerprint density at radius 3 is 2.72 bits per heavy atom. The van der Waals surface area contributed by atoms with Gasteiger partial charge in [-0.25, -0.2) is 4.39 Å². The molecule has 2 aliphatic rings. The standard InChI is InChI=1S/C19H26FN3O2/c1-3-14-12-22(13(2)24)10-8-16(14)21-17-9-11-23(19(17)25)18-7-5-4-6-15(18)20/h4-7,14,16-17,21H,3,8-12H2,1-2H3/t14-,16+,17-/m1/s1. The van der Waals surface area contributed by atoms with Crippen molar-refractivity contribution >= 4 is 17.5 Å². The largest absolute Gasteiger partial charge is 0.343 e. The van der Waals surface area contributed by atoms with Gasteiger partial charge in [0, 0.05) is 32.6 Å². The molecule has 25 heavy (non-hydrogen) atoms. The monoisotopic (exact) mass is 347 g/mol. The second-order valence-electron chi connectivity index (χ2n) is 6.98. The van der Waals surface area contributed by atoms with E-state index in [0.717, 1.165) is 25.9 Å². The van der Waals surface area contributed by atoms with Crippen LogP contribution >= 0.6 is 0 Å². The fourth-order valence-corrected chi connectivity index (χ4v) is 3.95. The molecule has 1 aromatic rings. The number of halogens is 1. The first kappa shape index (κ1) is 17.9. The van der Waals surface area contributed by atoms with Crippen molar-refractivity contribution in [3.05, 3.63) is 30.1 Å². The van der Waals surface area contributed by atoms with E-state index in [1.54, 1.807) is 30.0 Å². The third kappa shape index (κ3) is 3.68. The van der Waals surface area contributed by atoms with Crippen LogP contribution < -0.4 is 10.2 Å². The van der Waals surface area contributed by atoms with Gasteiger partial charge in [0.2, 0.25) is 11.8 Å². The molecule has 1 aromatic carbocycles. The van der Waals surface area contributed by atoms with E-state index in [1.807, 2.05) is 4.90 Å². The number of carbonyl (C=O) groups is 2. The zero-order valence-electron chi connectivity index (χ0n) is 14.9. The number of nitrogens with one attached hydrogen (secondary N) is 1. The van der Waals surface area contributed by atoms with Crippen LogP contribution in [0.5, 0.6) is 0 Å². The molecule has 0 unspecified atom stereocenters. The minimum Gasteiger partial charge on any atom is -0.343 e. The predicted molar refractivity (Wildman–Crippen MR) is 94.7 cm³/mol. The number of benzene rings is 1. The van der Waals surface area contributed by atoms with Crippen LogP contribution in [0.4, 0.5) is 10.1 Å². The van der Waals surface area contributed by atoms with E-state index in [0.29, 0.717) is 24.6 Å². The van der Waals surface area contributed by atoms with Gasteiger partial charge < -0.3 is 15.1 Å². The maximum absolute atomic E-state index is 14.0. The lowest BCUT2D eigenvalue weighted by Crippen LogP contribution is -2.54. The summed E-state index contributed by atoms with van der Waals surface area (Å²) < 4.78 is 14.0. The van der Waals surface area contributed by atoms with E-state index in [1.165, 1.54) is 6.07 Å². The van der Waals surface area contributed by atoms with Gasteiger partial charge in [0.15, 0.2) is 0 Å². The second kappa shape index (κ2) is 7.52. The molecule has 6 heteroatoms. The highest BCUT2D eigenvalue weighted by atomic mass is 19.1. The highest BCUT2D eigenvalue weighted by Gasteiger charge is 2.37. The van der Waals surface area contributed by atoms with Crippen LogP contribution in [0.3, 0.4) is 0 Å². The number of amides is 2. The molecular formula is C19H26FN3O2. The summed E-state index contributed by atoms with van der Waals surface area (Å²) in [5, 5.41) is 3.50. The van der Waals surface area contributed by atoms with Gasteiger partial charge in [-0.05, 0) is 30.9 Å². The van der Waals surface area contributed by atoms with Crippen molar-refractivity contribution in [2.24, 2.45) is 5.92 Å². The van der Waals surface area contributed by atoms with Gasteiger partial charge >= 0.3 is 0 Å². The molecule has 5 nitrogen and oxygen atoms in total. The van der Waals surface area contributed by atoms with Gasteiger partial charge in [0.25, 0.3) is 0 Å². The molecule has 0 saturated carbocycles. The van der Waals surface area contributed by atoms with E-state index in [-0.39, 0.29) is 29.7 Å². The summed E-state index contributed by atoms with van der Waals surface area (Å²) in [5.41, 5.74) is 0.357. The number of hydrogen-bond acceptors (Lipinski definition) is 3. The van der Waals surface area contributed by atoms with E-state index in [9.17, 15) is 14.0 Å². The number of rotatable bonds is 4. The lowest BCUT2D eigenvalue weighted by atomic mass is 9.89. The SMILES string of the molecule is CC[C@@H]1CN(C(C)=O)CC[C@@H]1N[C@@H]1CCN(c2ccccc2F)C1=O. The Morgan fingerprint density at radius 1 is 1.28 bits per heavy atom. The Bertz CT molecular complexity index is 651. The number of piperidine rings is 1. The third-order valence-electron chi connectivity index (χ3n) is 5.47. The maximum atomic E-state index is 14.0. The molecule has 2 aliphatic heterocycles. The summed E-state index contributed by atoms with van der Waals surface area (Å²) in [6, 6.07) is 6.35. The van der Waals surface area contributed by atoms with Gasteiger partial charge in [-0.3, -0.25) is 9.59 Å². The molecule has 136 valence electrons. The number of anilines is 1. The fourth-order valence-electron chi connectivity index (χ4n) is 3.95. The van der Waals surface area contributed by atoms with Crippen LogP contribution in [0.1, 0.15) is 33.1 Å². The minimum absolute atomic E-state index is 0.0612. The van der Waals surface area contributed by atoms with Crippen molar-refractivity contribution in [3.8, 4) is 0 Å². The summed E-state index contributed by atoms with van der Waals surface area (Å²) in [5.74, 6) is 0.0270. The smallest absolute Gasteiger partial charge is 0.244 e. The van der Waals surface area contributed by atoms with Gasteiger partial charge in [-0.2, -0.15) is 0 Å². The summed E-state index contributed by atoms with van der Waals surface area (Å²) in [7, 11) is 0. The van der Waals surface area contributed by atoms with E-state index in [2.05, 4.69) is 12.2 Å². The molecule has 1 N–H and O–H groups in total. The van der Waals surface area contributed by atoms with Crippen LogP contribution in [0, 0.1) is 11.7 Å². The van der Waals surface area contributed by atoms with Gasteiger partial charge in [0.05, 0.1) is 11.7 Å². The van der Waals surface area contributed by atoms with E-state index >= 15 is 0 Å². The zero-order valence-corrected chi connectivity index (χ0v) is 14.9. The van der Waals surface area contributed by atoms with Gasteiger partial charge in [0.1, 0.15) is 5.82 Å². The van der Waals surface area contributed by atoms with Crippen LogP contribution in [-0.2, 0) is 9.59 Å². The normalized spacial score (nSPS) is 27.0. The topological polar surface area (TPSA) is 52.7 Å². The second-order valence-corrected chi connectivity index (χ2v) is 6.98. The Morgan fingerprint density at radius 2 is 2.04 bits per heavy atom. The van der Waals surface area contributed by atoms with Crippen molar-refractivity contribution in [2.45, 2.75) is 45.2 Å². The van der Waals surface area contributed by atoms with Crippen LogP contribution in [0.25, 0.3) is 0 Å². The van der Waals surface area contributed by atoms with Crippen molar-refractivity contribution in [1.29, 1.82) is 0 Å². The maximum Gasteiger partial charge on any atom is 0.244 e. The first-order valence-electron chi connectivity index (χ1n) is 9.08. The zero-order chi connectivity index (χ0) is 18.0. The Hall–Kier alpha value is -1.95. The highest BCUT2D eigenvalue weighted by molar-refractivity contribution is 5.99. The molecule has 0 aromatic heterocycles. The summed E-state index contributed by atoms with van der Waals surface area (Å²) in [4.78, 5) is 27.8. The lowest BCUT2D eigenvalue weighted by Gasteiger charge is -2.39. The molecule has 0 radical (unpaired) electrons.